The van der Waals surface area contributed by atoms with E-state index in [0.29, 0.717) is 22.4 Å². The molecular weight excluding hydrogens is 364 g/mol. The first-order valence-electron chi connectivity index (χ1n) is 7.69. The third kappa shape index (κ3) is 6.10. The molecule has 0 aliphatic rings. The molecule has 0 saturated carbocycles. The van der Waals surface area contributed by atoms with Gasteiger partial charge in [0.25, 0.3) is 0 Å². The number of oxazole rings is 1. The first-order chi connectivity index (χ1) is 11.8. The number of rotatable bonds is 8. The Bertz CT molecular complexity index is 733. The van der Waals surface area contributed by atoms with Gasteiger partial charge in [0.1, 0.15) is 0 Å². The van der Waals surface area contributed by atoms with Crippen molar-refractivity contribution in [3.63, 3.8) is 0 Å². The Balaban J connectivity index is 1.85. The number of carboxylic acid groups (broad SMARTS) is 1. The molecule has 2 aromatic rings. The topological polar surface area (TPSA) is 92.4 Å². The molecule has 1 amide bonds. The molecule has 8 heteroatoms. The number of halogens is 1. The Labute approximate surface area is 155 Å². The fourth-order valence-electron chi connectivity index (χ4n) is 2.07. The molecule has 0 radical (unpaired) electrons. The van der Waals surface area contributed by atoms with Gasteiger partial charge >= 0.3 is 5.97 Å². The number of hydrogen-bond donors (Lipinski definition) is 2. The van der Waals surface area contributed by atoms with Crippen molar-refractivity contribution in [1.82, 2.24) is 10.3 Å². The molecule has 2 N–H and O–H groups in total. The van der Waals surface area contributed by atoms with Gasteiger partial charge in [0.15, 0.2) is 5.76 Å². The second kappa shape index (κ2) is 8.92. The predicted octanol–water partition coefficient (Wildman–Crippen LogP) is 3.60. The molecule has 1 aromatic heterocycles. The third-order valence-electron chi connectivity index (χ3n) is 3.38. The highest BCUT2D eigenvalue weighted by atomic mass is 35.5. The van der Waals surface area contributed by atoms with Crippen LogP contribution in [-0.2, 0) is 15.3 Å². The van der Waals surface area contributed by atoms with Crippen molar-refractivity contribution < 1.29 is 19.1 Å². The molecule has 134 valence electrons. The highest BCUT2D eigenvalue weighted by Gasteiger charge is 2.18. The number of amides is 1. The van der Waals surface area contributed by atoms with E-state index in [1.165, 1.54) is 11.8 Å². The number of aliphatic carboxylic acids is 1. The molecule has 6 nitrogen and oxygen atoms in total. The fraction of sp³-hybridized carbons (Fsp3) is 0.353. The lowest BCUT2D eigenvalue weighted by Crippen LogP contribution is -2.38. The normalized spacial score (nSPS) is 13.2. The van der Waals surface area contributed by atoms with Crippen LogP contribution in [0.2, 0.25) is 5.02 Å². The largest absolute Gasteiger partial charge is 0.481 e. The van der Waals surface area contributed by atoms with Gasteiger partial charge in [0.05, 0.1) is 23.6 Å². The third-order valence-corrected chi connectivity index (χ3v) is 4.76. The average molecular weight is 383 g/mol. The lowest BCUT2D eigenvalue weighted by atomic mass is 10.2. The van der Waals surface area contributed by atoms with Gasteiger partial charge < -0.3 is 14.8 Å². The predicted molar refractivity (Wildman–Crippen MR) is 97.6 cm³/mol. The Morgan fingerprint density at radius 1 is 1.32 bits per heavy atom. The van der Waals surface area contributed by atoms with Crippen molar-refractivity contribution in [2.24, 2.45) is 0 Å². The number of carboxylic acids is 1. The summed E-state index contributed by atoms with van der Waals surface area (Å²) in [5.74, 6) is 0.452. The Morgan fingerprint density at radius 3 is 2.64 bits per heavy atom. The summed E-state index contributed by atoms with van der Waals surface area (Å²) in [5, 5.41) is 11.7. The summed E-state index contributed by atoms with van der Waals surface area (Å²) in [6.07, 6.45) is 1.53. The molecular formula is C17H19ClN2O4S. The summed E-state index contributed by atoms with van der Waals surface area (Å²) in [7, 11) is 0. The summed E-state index contributed by atoms with van der Waals surface area (Å²) in [6.45, 7) is 3.42. The van der Waals surface area contributed by atoms with Gasteiger partial charge in [-0.15, -0.1) is 11.8 Å². The second-order valence-electron chi connectivity index (χ2n) is 5.59. The zero-order chi connectivity index (χ0) is 18.4. The Hall–Kier alpha value is -1.99. The quantitative estimate of drug-likeness (QED) is 0.724. The maximum atomic E-state index is 12.0. The van der Waals surface area contributed by atoms with E-state index in [4.69, 9.17) is 21.1 Å². The van der Waals surface area contributed by atoms with E-state index in [9.17, 15) is 9.59 Å². The first kappa shape index (κ1) is 19.3. The summed E-state index contributed by atoms with van der Waals surface area (Å²) < 4.78 is 5.69. The van der Waals surface area contributed by atoms with Crippen LogP contribution in [-0.4, -0.2) is 33.3 Å². The van der Waals surface area contributed by atoms with E-state index < -0.39 is 12.0 Å². The van der Waals surface area contributed by atoms with Crippen LogP contribution in [0, 0.1) is 0 Å². The van der Waals surface area contributed by atoms with Gasteiger partial charge in [-0.1, -0.05) is 11.6 Å². The van der Waals surface area contributed by atoms with Crippen molar-refractivity contribution >= 4 is 35.2 Å². The number of nitrogens with zero attached hydrogens (tertiary/aromatic N) is 1. The number of benzene rings is 1. The van der Waals surface area contributed by atoms with Crippen molar-refractivity contribution in [3.8, 4) is 11.3 Å². The van der Waals surface area contributed by atoms with Crippen molar-refractivity contribution in [1.29, 1.82) is 0 Å². The first-order valence-corrected chi connectivity index (χ1v) is 9.12. The number of carbonyl (C=O) groups is 2. The van der Waals surface area contributed by atoms with E-state index in [2.05, 4.69) is 10.3 Å². The van der Waals surface area contributed by atoms with Crippen molar-refractivity contribution in [3.05, 3.63) is 41.4 Å². The van der Waals surface area contributed by atoms with Gasteiger partial charge in [-0.2, -0.15) is 0 Å². The number of thioether (sulfide) groups is 1. The van der Waals surface area contributed by atoms with Gasteiger partial charge in [0.2, 0.25) is 11.8 Å². The maximum Gasteiger partial charge on any atom is 0.305 e. The standard InChI is InChI=1S/C17H19ClN2O4S/c1-10(7-16(21)22)20-17(23)11(2)25-9-15-19-8-14(24-15)12-3-5-13(18)6-4-12/h3-6,8,10-11H,7,9H2,1-2H3,(H,20,23)(H,21,22). The molecule has 2 unspecified atom stereocenters. The lowest BCUT2D eigenvalue weighted by Gasteiger charge is -2.15. The molecule has 0 aliphatic heterocycles. The summed E-state index contributed by atoms with van der Waals surface area (Å²) in [5.41, 5.74) is 0.876. The highest BCUT2D eigenvalue weighted by Crippen LogP contribution is 2.25. The van der Waals surface area contributed by atoms with Crippen LogP contribution in [0.1, 0.15) is 26.2 Å². The second-order valence-corrected chi connectivity index (χ2v) is 7.35. The minimum Gasteiger partial charge on any atom is -0.481 e. The molecule has 1 heterocycles. The Kier molecular flexibility index (Phi) is 6.90. The Morgan fingerprint density at radius 2 is 2.00 bits per heavy atom. The molecule has 0 aliphatic carbocycles. The molecule has 0 fully saturated rings. The van der Waals surface area contributed by atoms with E-state index in [0.717, 1.165) is 5.56 Å². The highest BCUT2D eigenvalue weighted by molar-refractivity contribution is 7.99. The maximum absolute atomic E-state index is 12.0. The van der Waals surface area contributed by atoms with E-state index >= 15 is 0 Å². The van der Waals surface area contributed by atoms with Crippen LogP contribution in [0.25, 0.3) is 11.3 Å². The van der Waals surface area contributed by atoms with E-state index in [-0.39, 0.29) is 17.6 Å². The van der Waals surface area contributed by atoms with Gasteiger partial charge in [-0.25, -0.2) is 4.98 Å². The zero-order valence-corrected chi connectivity index (χ0v) is 15.4. The minimum absolute atomic E-state index is 0.104. The average Bonchev–Trinajstić information content (AvgIpc) is 3.01. The van der Waals surface area contributed by atoms with Crippen LogP contribution in [0.5, 0.6) is 0 Å². The number of aromatic nitrogens is 1. The summed E-state index contributed by atoms with van der Waals surface area (Å²) in [6, 6.07) is 6.84. The smallest absolute Gasteiger partial charge is 0.305 e. The molecule has 2 rings (SSSR count). The van der Waals surface area contributed by atoms with Gasteiger partial charge in [-0.3, -0.25) is 9.59 Å². The SMILES string of the molecule is CC(CC(=O)O)NC(=O)C(C)SCc1ncc(-c2ccc(Cl)cc2)o1. The zero-order valence-electron chi connectivity index (χ0n) is 13.9. The minimum atomic E-state index is -0.942. The molecule has 0 spiro atoms. The van der Waals surface area contributed by atoms with E-state index in [1.54, 1.807) is 32.2 Å². The fourth-order valence-corrected chi connectivity index (χ4v) is 2.94. The van der Waals surface area contributed by atoms with Crippen molar-refractivity contribution in [2.45, 2.75) is 37.3 Å². The van der Waals surface area contributed by atoms with Crippen LogP contribution in [0.15, 0.2) is 34.9 Å². The van der Waals surface area contributed by atoms with Gasteiger partial charge in [-0.05, 0) is 38.1 Å². The van der Waals surface area contributed by atoms with Gasteiger partial charge in [0, 0.05) is 16.6 Å². The van der Waals surface area contributed by atoms with Crippen LogP contribution < -0.4 is 5.32 Å². The number of hydrogen-bond acceptors (Lipinski definition) is 5. The van der Waals surface area contributed by atoms with Crippen LogP contribution in [0.3, 0.4) is 0 Å². The lowest BCUT2D eigenvalue weighted by molar-refractivity contribution is -0.137. The molecule has 0 bridgehead atoms. The van der Waals surface area contributed by atoms with Crippen LogP contribution in [0.4, 0.5) is 0 Å². The summed E-state index contributed by atoms with van der Waals surface area (Å²) in [4.78, 5) is 26.9. The van der Waals surface area contributed by atoms with Crippen LogP contribution >= 0.6 is 23.4 Å². The van der Waals surface area contributed by atoms with Crippen molar-refractivity contribution in [2.75, 3.05) is 0 Å². The monoisotopic (exact) mass is 382 g/mol. The number of nitrogens with one attached hydrogen (secondary N) is 1. The van der Waals surface area contributed by atoms with E-state index in [1.807, 2.05) is 12.1 Å². The number of carbonyl (C=O) groups excluding carboxylic acids is 1. The molecule has 1 aromatic carbocycles. The summed E-state index contributed by atoms with van der Waals surface area (Å²) >= 11 is 7.23. The molecule has 25 heavy (non-hydrogen) atoms. The molecule has 2 atom stereocenters. The molecule has 0 saturated heterocycles.